The molecule has 0 unspecified atom stereocenters. The first-order valence-corrected chi connectivity index (χ1v) is 4.85. The number of hydrogen-bond acceptors (Lipinski definition) is 2. The number of benzene rings is 1. The van der Waals surface area contributed by atoms with E-state index in [4.69, 9.17) is 0 Å². The molecule has 0 aliphatic carbocycles. The third-order valence-electron chi connectivity index (χ3n) is 1.42. The highest BCUT2D eigenvalue weighted by molar-refractivity contribution is 5.72. The lowest BCUT2D eigenvalue weighted by molar-refractivity contribution is -0.139. The van der Waals surface area contributed by atoms with Crippen LogP contribution in [0, 0.1) is 0 Å². The predicted molar refractivity (Wildman–Crippen MR) is 58.1 cm³/mol. The van der Waals surface area contributed by atoms with E-state index >= 15 is 0 Å². The summed E-state index contributed by atoms with van der Waals surface area (Å²) in [5, 5.41) is 0. The van der Waals surface area contributed by atoms with Crippen LogP contribution in [-0.4, -0.2) is 13.1 Å². The van der Waals surface area contributed by atoms with Gasteiger partial charge in [-0.15, -0.1) is 0 Å². The van der Waals surface area contributed by atoms with Crippen molar-refractivity contribution in [2.24, 2.45) is 0 Å². The molecule has 0 N–H and O–H groups in total. The lowest BCUT2D eigenvalue weighted by Gasteiger charge is -1.97. The van der Waals surface area contributed by atoms with E-state index in [1.807, 2.05) is 30.3 Å². The van der Waals surface area contributed by atoms with E-state index in [0.717, 1.165) is 5.56 Å². The average molecular weight is 194 g/mol. The fourth-order valence-corrected chi connectivity index (χ4v) is 0.835. The minimum atomic E-state index is -0.198. The molecule has 0 aliphatic heterocycles. The van der Waals surface area contributed by atoms with Gasteiger partial charge in [-0.1, -0.05) is 50.6 Å². The van der Waals surface area contributed by atoms with E-state index in [-0.39, 0.29) is 5.97 Å². The number of hydrogen-bond donors (Lipinski definition) is 0. The van der Waals surface area contributed by atoms with Crippen molar-refractivity contribution >= 4 is 5.97 Å². The van der Waals surface area contributed by atoms with Crippen LogP contribution in [0.25, 0.3) is 0 Å². The molecular formula is C12H18O2. The first-order chi connectivity index (χ1) is 6.74. The molecule has 0 bridgehead atoms. The van der Waals surface area contributed by atoms with E-state index in [1.165, 1.54) is 13.5 Å². The van der Waals surface area contributed by atoms with Gasteiger partial charge in [0.15, 0.2) is 0 Å². The molecule has 1 rings (SSSR count). The van der Waals surface area contributed by atoms with E-state index in [1.54, 1.807) is 0 Å². The Morgan fingerprint density at radius 1 is 1.21 bits per heavy atom. The highest BCUT2D eigenvalue weighted by Gasteiger charge is 1.99. The van der Waals surface area contributed by atoms with Crippen molar-refractivity contribution < 1.29 is 9.53 Å². The maximum Gasteiger partial charge on any atom is 0.309 e. The van der Waals surface area contributed by atoms with Crippen LogP contribution in [0.2, 0.25) is 0 Å². The van der Waals surface area contributed by atoms with Crippen LogP contribution in [0.1, 0.15) is 25.8 Å². The molecule has 0 aliphatic rings. The van der Waals surface area contributed by atoms with Crippen molar-refractivity contribution in [2.75, 3.05) is 7.11 Å². The molecule has 0 aromatic heterocycles. The smallest absolute Gasteiger partial charge is 0.309 e. The second-order valence-corrected chi connectivity index (χ2v) is 2.95. The molecule has 14 heavy (non-hydrogen) atoms. The van der Waals surface area contributed by atoms with Gasteiger partial charge in [-0.3, -0.25) is 4.79 Å². The van der Waals surface area contributed by atoms with Gasteiger partial charge >= 0.3 is 5.97 Å². The Labute approximate surface area is 85.9 Å². The van der Waals surface area contributed by atoms with E-state index in [2.05, 4.69) is 18.6 Å². The fraction of sp³-hybridized carbons (Fsp3) is 0.417. The zero-order valence-electron chi connectivity index (χ0n) is 9.12. The Morgan fingerprint density at radius 2 is 1.71 bits per heavy atom. The highest BCUT2D eigenvalue weighted by atomic mass is 16.5. The van der Waals surface area contributed by atoms with Crippen LogP contribution in [0.5, 0.6) is 0 Å². The van der Waals surface area contributed by atoms with Crippen molar-refractivity contribution in [3.63, 3.8) is 0 Å². The van der Waals surface area contributed by atoms with Crippen LogP contribution in [0.3, 0.4) is 0 Å². The second-order valence-electron chi connectivity index (χ2n) is 2.95. The first-order valence-electron chi connectivity index (χ1n) is 4.85. The average Bonchev–Trinajstić information content (AvgIpc) is 2.20. The van der Waals surface area contributed by atoms with Gasteiger partial charge in [0.1, 0.15) is 0 Å². The molecule has 0 amide bonds. The molecule has 0 saturated carbocycles. The summed E-state index contributed by atoms with van der Waals surface area (Å²) < 4.78 is 4.52. The van der Waals surface area contributed by atoms with E-state index in [0.29, 0.717) is 6.42 Å². The maximum atomic E-state index is 10.8. The fourth-order valence-electron chi connectivity index (χ4n) is 0.835. The molecule has 2 nitrogen and oxygen atoms in total. The van der Waals surface area contributed by atoms with Crippen LogP contribution in [0.15, 0.2) is 30.3 Å². The topological polar surface area (TPSA) is 26.3 Å². The van der Waals surface area contributed by atoms with Crippen molar-refractivity contribution in [3.8, 4) is 0 Å². The minimum Gasteiger partial charge on any atom is -0.469 e. The quantitative estimate of drug-likeness (QED) is 0.677. The summed E-state index contributed by atoms with van der Waals surface area (Å²) >= 11 is 0. The molecule has 2 heteroatoms. The Bertz CT molecular complexity index is 242. The van der Waals surface area contributed by atoms with Gasteiger partial charge in [-0.2, -0.15) is 0 Å². The van der Waals surface area contributed by atoms with Crippen LogP contribution >= 0.6 is 0 Å². The summed E-state index contributed by atoms with van der Waals surface area (Å²) in [7, 11) is 1.39. The normalized spacial score (nSPS) is 8.50. The SMILES string of the molecule is CCC.COC(=O)Cc1ccccc1. The van der Waals surface area contributed by atoms with Gasteiger partial charge in [0, 0.05) is 0 Å². The molecule has 78 valence electrons. The molecule has 0 fully saturated rings. The molecule has 0 atom stereocenters. The third-order valence-corrected chi connectivity index (χ3v) is 1.42. The van der Waals surface area contributed by atoms with Gasteiger partial charge < -0.3 is 4.74 Å². The Morgan fingerprint density at radius 3 is 2.14 bits per heavy atom. The molecule has 0 spiro atoms. The summed E-state index contributed by atoms with van der Waals surface area (Å²) in [5.41, 5.74) is 0.986. The molecule has 0 heterocycles. The molecule has 0 saturated heterocycles. The third kappa shape index (κ3) is 6.23. The maximum absolute atomic E-state index is 10.8. The Hall–Kier alpha value is -1.31. The predicted octanol–water partition coefficient (Wildman–Crippen LogP) is 2.82. The Kier molecular flexibility index (Phi) is 7.52. The summed E-state index contributed by atoms with van der Waals surface area (Å²) in [4.78, 5) is 10.8. The summed E-state index contributed by atoms with van der Waals surface area (Å²) in [6.07, 6.45) is 1.61. The van der Waals surface area contributed by atoms with Crippen LogP contribution in [0.4, 0.5) is 0 Å². The lowest BCUT2D eigenvalue weighted by Crippen LogP contribution is -2.03. The molecule has 0 radical (unpaired) electrons. The monoisotopic (exact) mass is 194 g/mol. The zero-order valence-corrected chi connectivity index (χ0v) is 9.12. The standard InChI is InChI=1S/C9H10O2.C3H8/c1-11-9(10)7-8-5-3-2-4-6-8;1-3-2/h2-6H,7H2,1H3;3H2,1-2H3. The van der Waals surface area contributed by atoms with Crippen molar-refractivity contribution in [3.05, 3.63) is 35.9 Å². The van der Waals surface area contributed by atoms with Crippen molar-refractivity contribution in [2.45, 2.75) is 26.7 Å². The van der Waals surface area contributed by atoms with Gasteiger partial charge in [0.05, 0.1) is 13.5 Å². The summed E-state index contributed by atoms with van der Waals surface area (Å²) in [5.74, 6) is -0.198. The van der Waals surface area contributed by atoms with Crippen LogP contribution < -0.4 is 0 Å². The largest absolute Gasteiger partial charge is 0.469 e. The first kappa shape index (κ1) is 12.7. The molecular weight excluding hydrogens is 176 g/mol. The number of methoxy groups -OCH3 is 1. The molecule has 1 aromatic carbocycles. The number of carbonyl (C=O) groups excluding carboxylic acids is 1. The van der Waals surface area contributed by atoms with Crippen molar-refractivity contribution in [1.82, 2.24) is 0 Å². The number of ether oxygens (including phenoxy) is 1. The van der Waals surface area contributed by atoms with Crippen molar-refractivity contribution in [1.29, 1.82) is 0 Å². The van der Waals surface area contributed by atoms with E-state index < -0.39 is 0 Å². The number of carbonyl (C=O) groups is 1. The second kappa shape index (κ2) is 8.30. The molecule has 1 aromatic rings. The van der Waals surface area contributed by atoms with Gasteiger partial charge in [-0.25, -0.2) is 0 Å². The van der Waals surface area contributed by atoms with Gasteiger partial charge in [-0.05, 0) is 5.56 Å². The zero-order chi connectivity index (χ0) is 10.8. The summed E-state index contributed by atoms with van der Waals surface area (Å²) in [6, 6.07) is 9.52. The summed E-state index contributed by atoms with van der Waals surface area (Å²) in [6.45, 7) is 4.25. The van der Waals surface area contributed by atoms with Crippen LogP contribution in [-0.2, 0) is 16.0 Å². The minimum absolute atomic E-state index is 0.198. The Balaban J connectivity index is 0.000000500. The van der Waals surface area contributed by atoms with E-state index in [9.17, 15) is 4.79 Å². The highest BCUT2D eigenvalue weighted by Crippen LogP contribution is 1.99. The lowest BCUT2D eigenvalue weighted by atomic mass is 10.2. The number of esters is 1. The number of rotatable bonds is 2. The van der Waals surface area contributed by atoms with Gasteiger partial charge in [0.2, 0.25) is 0 Å². The van der Waals surface area contributed by atoms with Gasteiger partial charge in [0.25, 0.3) is 0 Å².